The van der Waals surface area contributed by atoms with E-state index in [0.29, 0.717) is 5.39 Å². The number of amides is 1. The zero-order chi connectivity index (χ0) is 15.9. The minimum atomic E-state index is -4.10. The highest BCUT2D eigenvalue weighted by Gasteiger charge is 2.29. The summed E-state index contributed by atoms with van der Waals surface area (Å²) in [7, 11) is -4.10. The first-order chi connectivity index (χ1) is 10.4. The molecule has 0 unspecified atom stereocenters. The van der Waals surface area contributed by atoms with Gasteiger partial charge in [-0.05, 0) is 18.2 Å². The molecule has 4 N–H and O–H groups in total. The van der Waals surface area contributed by atoms with E-state index in [4.69, 9.17) is 11.5 Å². The lowest BCUT2D eigenvalue weighted by Crippen LogP contribution is -2.24. The molecule has 2 heterocycles. The molecule has 0 fully saturated rings. The number of carbonyl (C=O) groups excluding carboxylic acids is 1. The Hall–Kier alpha value is -2.87. The van der Waals surface area contributed by atoms with Crippen LogP contribution in [0.25, 0.3) is 10.9 Å². The molecule has 0 aliphatic heterocycles. The maximum Gasteiger partial charge on any atom is 0.286 e. The van der Waals surface area contributed by atoms with Crippen LogP contribution in [0.5, 0.6) is 0 Å². The Balaban J connectivity index is 2.45. The van der Waals surface area contributed by atoms with Crippen LogP contribution in [0.1, 0.15) is 10.5 Å². The Bertz CT molecular complexity index is 978. The van der Waals surface area contributed by atoms with E-state index >= 15 is 0 Å². The summed E-state index contributed by atoms with van der Waals surface area (Å²) in [5.41, 5.74) is 11.3. The maximum absolute atomic E-state index is 12.8. The Labute approximate surface area is 126 Å². The summed E-state index contributed by atoms with van der Waals surface area (Å²) in [6.45, 7) is 0. The standard InChI is InChI=1S/C14H12N4O3S/c15-12-9-5-1-2-6-10(9)18(13(12)14(16)19)22(20,21)11-7-3-4-8-17-11/h1-8H,15H2,(H2,16,19). The van der Waals surface area contributed by atoms with Crippen LogP contribution in [0.4, 0.5) is 5.69 Å². The third kappa shape index (κ3) is 1.92. The molecular formula is C14H12N4O3S. The summed E-state index contributed by atoms with van der Waals surface area (Å²) in [6.07, 6.45) is 1.35. The van der Waals surface area contributed by atoms with Gasteiger partial charge in [0.1, 0.15) is 5.69 Å². The number of fused-ring (bicyclic) bond motifs is 1. The summed E-state index contributed by atoms with van der Waals surface area (Å²) >= 11 is 0. The molecule has 1 aromatic carbocycles. The third-order valence-corrected chi connectivity index (χ3v) is 4.88. The molecule has 0 radical (unpaired) electrons. The van der Waals surface area contributed by atoms with Crippen molar-refractivity contribution in [2.24, 2.45) is 5.73 Å². The molecule has 112 valence electrons. The minimum Gasteiger partial charge on any atom is -0.396 e. The van der Waals surface area contributed by atoms with Gasteiger partial charge in [0.15, 0.2) is 5.03 Å². The van der Waals surface area contributed by atoms with Gasteiger partial charge in [-0.2, -0.15) is 8.42 Å². The second kappa shape index (κ2) is 4.85. The van der Waals surface area contributed by atoms with E-state index in [9.17, 15) is 13.2 Å². The molecule has 3 aromatic rings. The van der Waals surface area contributed by atoms with Crippen molar-refractivity contribution in [3.05, 3.63) is 54.4 Å². The predicted molar refractivity (Wildman–Crippen MR) is 81.7 cm³/mol. The average Bonchev–Trinajstić information content (AvgIpc) is 2.82. The summed E-state index contributed by atoms with van der Waals surface area (Å²) in [5.74, 6) is -0.923. The second-order valence-electron chi connectivity index (χ2n) is 4.58. The highest BCUT2D eigenvalue weighted by Crippen LogP contribution is 2.31. The normalized spacial score (nSPS) is 11.6. The van der Waals surface area contributed by atoms with Gasteiger partial charge in [0.25, 0.3) is 15.9 Å². The lowest BCUT2D eigenvalue weighted by atomic mass is 10.2. The van der Waals surface area contributed by atoms with E-state index in [2.05, 4.69) is 4.98 Å². The van der Waals surface area contributed by atoms with Gasteiger partial charge in [-0.3, -0.25) is 4.79 Å². The Morgan fingerprint density at radius 1 is 1.09 bits per heavy atom. The summed E-state index contributed by atoms with van der Waals surface area (Å²) in [4.78, 5) is 15.6. The van der Waals surface area contributed by atoms with Crippen molar-refractivity contribution in [1.29, 1.82) is 0 Å². The second-order valence-corrected chi connectivity index (χ2v) is 6.31. The zero-order valence-corrected chi connectivity index (χ0v) is 12.1. The number of primary amides is 1. The molecule has 8 heteroatoms. The highest BCUT2D eigenvalue weighted by atomic mass is 32.2. The molecule has 22 heavy (non-hydrogen) atoms. The predicted octanol–water partition coefficient (Wildman–Crippen LogP) is 0.954. The van der Waals surface area contributed by atoms with E-state index in [1.807, 2.05) is 0 Å². The number of nitrogens with two attached hydrogens (primary N) is 2. The number of rotatable bonds is 3. The zero-order valence-electron chi connectivity index (χ0n) is 11.3. The van der Waals surface area contributed by atoms with Crippen LogP contribution >= 0.6 is 0 Å². The number of carbonyl (C=O) groups is 1. The molecule has 0 saturated heterocycles. The lowest BCUT2D eigenvalue weighted by molar-refractivity contribution is 0.0996. The molecule has 2 aromatic heterocycles. The van der Waals surface area contributed by atoms with E-state index in [-0.39, 0.29) is 21.9 Å². The smallest absolute Gasteiger partial charge is 0.286 e. The molecule has 0 aliphatic rings. The van der Waals surface area contributed by atoms with Crippen LogP contribution in [-0.2, 0) is 10.0 Å². The molecule has 3 rings (SSSR count). The van der Waals surface area contributed by atoms with Gasteiger partial charge < -0.3 is 11.5 Å². The highest BCUT2D eigenvalue weighted by molar-refractivity contribution is 7.90. The molecule has 1 amide bonds. The Morgan fingerprint density at radius 3 is 2.41 bits per heavy atom. The van der Waals surface area contributed by atoms with Gasteiger partial charge in [-0.25, -0.2) is 8.96 Å². The minimum absolute atomic E-state index is 0.0302. The fourth-order valence-electron chi connectivity index (χ4n) is 2.31. The Kier molecular flexibility index (Phi) is 3.10. The first-order valence-electron chi connectivity index (χ1n) is 6.30. The van der Waals surface area contributed by atoms with Crippen molar-refractivity contribution in [1.82, 2.24) is 8.96 Å². The fraction of sp³-hybridized carbons (Fsp3) is 0. The van der Waals surface area contributed by atoms with E-state index < -0.39 is 15.9 Å². The number of nitrogens with zero attached hydrogens (tertiary/aromatic N) is 2. The van der Waals surface area contributed by atoms with Crippen LogP contribution in [0.3, 0.4) is 0 Å². The quantitative estimate of drug-likeness (QED) is 0.745. The average molecular weight is 316 g/mol. The topological polar surface area (TPSA) is 121 Å². The van der Waals surface area contributed by atoms with Crippen LogP contribution < -0.4 is 11.5 Å². The number of benzene rings is 1. The van der Waals surface area contributed by atoms with Gasteiger partial charge in [-0.15, -0.1) is 0 Å². The van der Waals surface area contributed by atoms with Crippen molar-refractivity contribution >= 4 is 32.5 Å². The van der Waals surface area contributed by atoms with Crippen molar-refractivity contribution in [3.63, 3.8) is 0 Å². The largest absolute Gasteiger partial charge is 0.396 e. The summed E-state index contributed by atoms with van der Waals surface area (Å²) in [5, 5.41) is 0.244. The molecule has 0 aliphatic carbocycles. The van der Waals surface area contributed by atoms with Crippen LogP contribution in [0, 0.1) is 0 Å². The van der Waals surface area contributed by atoms with Crippen molar-refractivity contribution in [2.45, 2.75) is 5.03 Å². The summed E-state index contributed by atoms with van der Waals surface area (Å²) < 4.78 is 26.5. The number of aromatic nitrogens is 2. The SMILES string of the molecule is NC(=O)c1c(N)c2ccccc2n1S(=O)(=O)c1ccccn1. The number of hydrogen-bond acceptors (Lipinski definition) is 5. The van der Waals surface area contributed by atoms with E-state index in [1.165, 1.54) is 12.3 Å². The number of para-hydroxylation sites is 1. The van der Waals surface area contributed by atoms with Gasteiger partial charge in [0, 0.05) is 11.6 Å². The van der Waals surface area contributed by atoms with Crippen LogP contribution in [-0.4, -0.2) is 23.3 Å². The van der Waals surface area contributed by atoms with Gasteiger partial charge in [0.05, 0.1) is 11.2 Å². The van der Waals surface area contributed by atoms with Crippen molar-refractivity contribution in [2.75, 3.05) is 5.73 Å². The number of pyridine rings is 1. The van der Waals surface area contributed by atoms with Gasteiger partial charge >= 0.3 is 0 Å². The van der Waals surface area contributed by atoms with Gasteiger partial charge in [0.2, 0.25) is 0 Å². The lowest BCUT2D eigenvalue weighted by Gasteiger charge is -2.09. The first kappa shape index (κ1) is 14.1. The molecule has 0 atom stereocenters. The molecular weight excluding hydrogens is 304 g/mol. The fourth-order valence-corrected chi connectivity index (χ4v) is 3.79. The number of anilines is 1. The van der Waals surface area contributed by atoms with Crippen molar-refractivity contribution < 1.29 is 13.2 Å². The summed E-state index contributed by atoms with van der Waals surface area (Å²) in [6, 6.07) is 11.0. The van der Waals surface area contributed by atoms with Crippen LogP contribution in [0.15, 0.2) is 53.7 Å². The molecule has 0 spiro atoms. The molecule has 0 saturated carbocycles. The van der Waals surface area contributed by atoms with Gasteiger partial charge in [-0.1, -0.05) is 24.3 Å². The Morgan fingerprint density at radius 2 is 1.77 bits per heavy atom. The van der Waals surface area contributed by atoms with Crippen LogP contribution in [0.2, 0.25) is 0 Å². The van der Waals surface area contributed by atoms with E-state index in [1.54, 1.807) is 36.4 Å². The monoisotopic (exact) mass is 316 g/mol. The van der Waals surface area contributed by atoms with E-state index in [0.717, 1.165) is 3.97 Å². The number of nitrogen functional groups attached to an aromatic ring is 1. The number of hydrogen-bond donors (Lipinski definition) is 2. The first-order valence-corrected chi connectivity index (χ1v) is 7.74. The third-order valence-electron chi connectivity index (χ3n) is 3.25. The maximum atomic E-state index is 12.8. The van der Waals surface area contributed by atoms with Crippen molar-refractivity contribution in [3.8, 4) is 0 Å². The molecule has 0 bridgehead atoms. The molecule has 7 nitrogen and oxygen atoms in total.